The maximum Gasteiger partial charge on any atom is 0.295 e. The summed E-state index contributed by atoms with van der Waals surface area (Å²) in [5.74, 6) is -2.26. The summed E-state index contributed by atoms with van der Waals surface area (Å²) in [6.07, 6.45) is 2.98. The minimum atomic E-state index is -0.966. The summed E-state index contributed by atoms with van der Waals surface area (Å²) in [5.41, 5.74) is 5.75. The van der Waals surface area contributed by atoms with Gasteiger partial charge in [0.25, 0.3) is 6.01 Å². The molecule has 1 aliphatic carbocycles. The molecule has 1 aromatic carbocycles. The zero-order chi connectivity index (χ0) is 15.0. The molecule has 1 amide bonds. The lowest BCUT2D eigenvalue weighted by molar-refractivity contribution is -0.122. The Labute approximate surface area is 119 Å². The SMILES string of the molecule is NC(=O)C1CCC(Nc2nc3cc(F)c(F)cc3o2)CC1. The fourth-order valence-corrected chi connectivity index (χ4v) is 2.68. The number of fused-ring (bicyclic) bond motifs is 1. The molecule has 3 N–H and O–H groups in total. The molecule has 0 bridgehead atoms. The molecule has 1 fully saturated rings. The smallest absolute Gasteiger partial charge is 0.295 e. The molecule has 21 heavy (non-hydrogen) atoms. The third-order valence-electron chi connectivity index (χ3n) is 3.89. The molecular weight excluding hydrogens is 280 g/mol. The fourth-order valence-electron chi connectivity index (χ4n) is 2.68. The molecule has 1 heterocycles. The van der Waals surface area contributed by atoms with Crippen LogP contribution in [0.5, 0.6) is 0 Å². The number of benzene rings is 1. The van der Waals surface area contributed by atoms with Crippen molar-refractivity contribution in [2.75, 3.05) is 5.32 Å². The van der Waals surface area contributed by atoms with E-state index in [0.29, 0.717) is 0 Å². The van der Waals surface area contributed by atoms with Crippen LogP contribution in [0.4, 0.5) is 14.8 Å². The number of carbonyl (C=O) groups is 1. The van der Waals surface area contributed by atoms with Crippen LogP contribution in [0.2, 0.25) is 0 Å². The highest BCUT2D eigenvalue weighted by molar-refractivity contribution is 5.76. The molecule has 1 saturated carbocycles. The number of halogens is 2. The first-order valence-corrected chi connectivity index (χ1v) is 6.84. The highest BCUT2D eigenvalue weighted by Gasteiger charge is 2.25. The third kappa shape index (κ3) is 2.81. The summed E-state index contributed by atoms with van der Waals surface area (Å²) >= 11 is 0. The number of anilines is 1. The molecule has 0 spiro atoms. The average Bonchev–Trinajstić information content (AvgIpc) is 2.81. The number of amides is 1. The van der Waals surface area contributed by atoms with E-state index in [9.17, 15) is 13.6 Å². The van der Waals surface area contributed by atoms with E-state index < -0.39 is 11.6 Å². The lowest BCUT2D eigenvalue weighted by Crippen LogP contribution is -2.32. The summed E-state index contributed by atoms with van der Waals surface area (Å²) < 4.78 is 31.6. The predicted octanol–water partition coefficient (Wildman–Crippen LogP) is 2.56. The highest BCUT2D eigenvalue weighted by atomic mass is 19.2. The summed E-state index contributed by atoms with van der Waals surface area (Å²) in [5, 5.41) is 3.09. The van der Waals surface area contributed by atoms with E-state index in [4.69, 9.17) is 10.2 Å². The molecule has 0 unspecified atom stereocenters. The predicted molar refractivity (Wildman–Crippen MR) is 72.5 cm³/mol. The van der Waals surface area contributed by atoms with Crippen LogP contribution < -0.4 is 11.1 Å². The number of nitrogens with zero attached hydrogens (tertiary/aromatic N) is 1. The second-order valence-corrected chi connectivity index (χ2v) is 5.35. The third-order valence-corrected chi connectivity index (χ3v) is 3.89. The van der Waals surface area contributed by atoms with Crippen molar-refractivity contribution in [3.05, 3.63) is 23.8 Å². The number of oxazole rings is 1. The number of nitrogens with two attached hydrogens (primary N) is 1. The molecule has 0 radical (unpaired) electrons. The average molecular weight is 295 g/mol. The van der Waals surface area contributed by atoms with Gasteiger partial charge in [0, 0.05) is 24.1 Å². The van der Waals surface area contributed by atoms with Gasteiger partial charge in [-0.15, -0.1) is 0 Å². The van der Waals surface area contributed by atoms with E-state index in [1.807, 2.05) is 0 Å². The second-order valence-electron chi connectivity index (χ2n) is 5.35. The van der Waals surface area contributed by atoms with Crippen molar-refractivity contribution in [1.82, 2.24) is 4.98 Å². The monoisotopic (exact) mass is 295 g/mol. The molecule has 0 aliphatic heterocycles. The van der Waals surface area contributed by atoms with Crippen molar-refractivity contribution in [2.45, 2.75) is 31.7 Å². The van der Waals surface area contributed by atoms with Gasteiger partial charge in [-0.25, -0.2) is 8.78 Å². The first-order valence-electron chi connectivity index (χ1n) is 6.84. The van der Waals surface area contributed by atoms with Crippen LogP contribution in [0.3, 0.4) is 0 Å². The first kappa shape index (κ1) is 13.8. The zero-order valence-corrected chi connectivity index (χ0v) is 11.2. The van der Waals surface area contributed by atoms with E-state index in [1.54, 1.807) is 0 Å². The zero-order valence-electron chi connectivity index (χ0n) is 11.2. The summed E-state index contributed by atoms with van der Waals surface area (Å²) in [7, 11) is 0. The number of primary amides is 1. The lowest BCUT2D eigenvalue weighted by Gasteiger charge is -2.26. The largest absolute Gasteiger partial charge is 0.423 e. The standard InChI is InChI=1S/C14H15F2N3O2/c15-9-5-11-12(6-10(9)16)21-14(19-11)18-8-3-1-7(2-4-8)13(17)20/h5-8H,1-4H2,(H2,17,20)(H,18,19). The number of carbonyl (C=O) groups excluding carboxylic acids is 1. The number of aromatic nitrogens is 1. The Hall–Kier alpha value is -2.18. The Bertz CT molecular complexity index is 639. The topological polar surface area (TPSA) is 81.2 Å². The number of rotatable bonds is 3. The van der Waals surface area contributed by atoms with E-state index in [-0.39, 0.29) is 35.0 Å². The lowest BCUT2D eigenvalue weighted by atomic mass is 9.86. The van der Waals surface area contributed by atoms with E-state index >= 15 is 0 Å². The molecule has 7 heteroatoms. The van der Waals surface area contributed by atoms with Gasteiger partial charge >= 0.3 is 0 Å². The molecule has 112 valence electrons. The van der Waals surface area contributed by atoms with Crippen molar-refractivity contribution in [3.63, 3.8) is 0 Å². The van der Waals surface area contributed by atoms with Crippen molar-refractivity contribution in [3.8, 4) is 0 Å². The van der Waals surface area contributed by atoms with Crippen LogP contribution in [0.1, 0.15) is 25.7 Å². The van der Waals surface area contributed by atoms with Crippen LogP contribution >= 0.6 is 0 Å². The normalized spacial score (nSPS) is 22.4. The Morgan fingerprint density at radius 3 is 2.57 bits per heavy atom. The van der Waals surface area contributed by atoms with Crippen LogP contribution in [-0.2, 0) is 4.79 Å². The van der Waals surface area contributed by atoms with Crippen LogP contribution in [-0.4, -0.2) is 16.9 Å². The van der Waals surface area contributed by atoms with Gasteiger partial charge in [-0.1, -0.05) is 0 Å². The molecule has 2 aromatic rings. The molecule has 5 nitrogen and oxygen atoms in total. The number of hydrogen-bond acceptors (Lipinski definition) is 4. The van der Waals surface area contributed by atoms with Gasteiger partial charge in [0.05, 0.1) is 0 Å². The summed E-state index contributed by atoms with van der Waals surface area (Å²) in [6, 6.07) is 2.33. The van der Waals surface area contributed by atoms with Crippen molar-refractivity contribution in [1.29, 1.82) is 0 Å². The van der Waals surface area contributed by atoms with Gasteiger partial charge in [-0.3, -0.25) is 4.79 Å². The number of hydrogen-bond donors (Lipinski definition) is 2. The Morgan fingerprint density at radius 2 is 1.90 bits per heavy atom. The van der Waals surface area contributed by atoms with Crippen molar-refractivity contribution < 1.29 is 18.0 Å². The molecule has 3 rings (SSSR count). The molecule has 0 saturated heterocycles. The quantitative estimate of drug-likeness (QED) is 0.912. The maximum absolute atomic E-state index is 13.1. The highest BCUT2D eigenvalue weighted by Crippen LogP contribution is 2.28. The van der Waals surface area contributed by atoms with Gasteiger partial charge in [-0.2, -0.15) is 4.98 Å². The Kier molecular flexibility index (Phi) is 3.48. The molecular formula is C14H15F2N3O2. The summed E-state index contributed by atoms with van der Waals surface area (Å²) in [4.78, 5) is 15.2. The van der Waals surface area contributed by atoms with Gasteiger partial charge in [0.1, 0.15) is 5.52 Å². The van der Waals surface area contributed by atoms with Crippen molar-refractivity contribution >= 4 is 23.0 Å². The maximum atomic E-state index is 13.1. The van der Waals surface area contributed by atoms with Gasteiger partial charge < -0.3 is 15.5 Å². The molecule has 0 atom stereocenters. The van der Waals surface area contributed by atoms with Crippen LogP contribution in [0.15, 0.2) is 16.5 Å². The molecule has 1 aliphatic rings. The van der Waals surface area contributed by atoms with Crippen LogP contribution in [0.25, 0.3) is 11.1 Å². The molecule has 1 aromatic heterocycles. The fraction of sp³-hybridized carbons (Fsp3) is 0.429. The Balaban J connectivity index is 1.70. The van der Waals surface area contributed by atoms with Gasteiger partial charge in [0.15, 0.2) is 17.2 Å². The van der Waals surface area contributed by atoms with E-state index in [1.165, 1.54) is 0 Å². The summed E-state index contributed by atoms with van der Waals surface area (Å²) in [6.45, 7) is 0. The second kappa shape index (κ2) is 5.31. The van der Waals surface area contributed by atoms with E-state index in [2.05, 4.69) is 10.3 Å². The van der Waals surface area contributed by atoms with Gasteiger partial charge in [-0.05, 0) is 25.7 Å². The van der Waals surface area contributed by atoms with Crippen LogP contribution in [0, 0.1) is 17.6 Å². The Morgan fingerprint density at radius 1 is 1.24 bits per heavy atom. The van der Waals surface area contributed by atoms with Gasteiger partial charge in [0.2, 0.25) is 5.91 Å². The number of nitrogens with one attached hydrogen (secondary N) is 1. The minimum Gasteiger partial charge on any atom is -0.423 e. The van der Waals surface area contributed by atoms with Crippen molar-refractivity contribution in [2.24, 2.45) is 11.7 Å². The van der Waals surface area contributed by atoms with E-state index in [0.717, 1.165) is 37.8 Å². The first-order chi connectivity index (χ1) is 10.0. The minimum absolute atomic E-state index is 0.0742.